The molecule has 4 rings (SSSR count). The van der Waals surface area contributed by atoms with Crippen LogP contribution in [0.3, 0.4) is 0 Å². The van der Waals surface area contributed by atoms with Crippen molar-refractivity contribution in [1.29, 1.82) is 0 Å². The molecule has 2 amide bonds. The Morgan fingerprint density at radius 3 is 2.52 bits per heavy atom. The molecule has 0 unspecified atom stereocenters. The summed E-state index contributed by atoms with van der Waals surface area (Å²) in [6.45, 7) is 2.48. The Balaban J connectivity index is 1.58. The summed E-state index contributed by atoms with van der Waals surface area (Å²) in [5.74, 6) is -0.185. The molecule has 0 atom stereocenters. The lowest BCUT2D eigenvalue weighted by Crippen LogP contribution is -2.40. The van der Waals surface area contributed by atoms with Crippen LogP contribution in [-0.2, 0) is 11.3 Å². The lowest BCUT2D eigenvalue weighted by Gasteiger charge is -2.27. The molecule has 1 saturated heterocycles. The average Bonchev–Trinajstić information content (AvgIpc) is 3.28. The van der Waals surface area contributed by atoms with Gasteiger partial charge < -0.3 is 19.4 Å². The SMILES string of the molecule is O=C(NCc1ccccc1)c1ncoc1-c1ccccc1C(=O)N1CCOCC1. The highest BCUT2D eigenvalue weighted by Gasteiger charge is 2.25. The smallest absolute Gasteiger partial charge is 0.274 e. The fraction of sp³-hybridized carbons (Fsp3) is 0.227. The molecule has 7 heteroatoms. The maximum absolute atomic E-state index is 13.0. The Bertz CT molecular complexity index is 994. The number of rotatable bonds is 5. The molecule has 7 nitrogen and oxygen atoms in total. The second-order valence-electron chi connectivity index (χ2n) is 6.65. The molecular weight excluding hydrogens is 370 g/mol. The van der Waals surface area contributed by atoms with E-state index in [2.05, 4.69) is 10.3 Å². The monoisotopic (exact) mass is 391 g/mol. The predicted octanol–water partition coefficient (Wildman–Crippen LogP) is 2.74. The largest absolute Gasteiger partial charge is 0.443 e. The molecule has 0 aliphatic carbocycles. The highest BCUT2D eigenvalue weighted by molar-refractivity contribution is 6.04. The zero-order valence-electron chi connectivity index (χ0n) is 15.8. The van der Waals surface area contributed by atoms with Gasteiger partial charge in [0.15, 0.2) is 17.8 Å². The number of ether oxygens (including phenoxy) is 1. The Labute approximate surface area is 168 Å². The van der Waals surface area contributed by atoms with E-state index < -0.39 is 0 Å². The van der Waals surface area contributed by atoms with Crippen molar-refractivity contribution < 1.29 is 18.7 Å². The first-order valence-corrected chi connectivity index (χ1v) is 9.46. The van der Waals surface area contributed by atoms with E-state index in [0.717, 1.165) is 5.56 Å². The topological polar surface area (TPSA) is 84.7 Å². The Kier molecular flexibility index (Phi) is 5.67. The highest BCUT2D eigenvalue weighted by Crippen LogP contribution is 2.28. The van der Waals surface area contributed by atoms with Gasteiger partial charge in [0.05, 0.1) is 18.8 Å². The second-order valence-corrected chi connectivity index (χ2v) is 6.65. The van der Waals surface area contributed by atoms with Crippen LogP contribution in [0.15, 0.2) is 65.4 Å². The number of amides is 2. The van der Waals surface area contributed by atoms with E-state index >= 15 is 0 Å². The first-order chi connectivity index (χ1) is 14.2. The fourth-order valence-electron chi connectivity index (χ4n) is 3.27. The normalized spacial score (nSPS) is 13.9. The van der Waals surface area contributed by atoms with Crippen LogP contribution in [0.5, 0.6) is 0 Å². The van der Waals surface area contributed by atoms with E-state index in [1.165, 1.54) is 6.39 Å². The van der Waals surface area contributed by atoms with Gasteiger partial charge in [-0.15, -0.1) is 0 Å². The molecular formula is C22H21N3O4. The fourth-order valence-corrected chi connectivity index (χ4v) is 3.27. The number of nitrogens with one attached hydrogen (secondary N) is 1. The van der Waals surface area contributed by atoms with Crippen molar-refractivity contribution in [2.75, 3.05) is 26.3 Å². The van der Waals surface area contributed by atoms with Crippen molar-refractivity contribution >= 4 is 11.8 Å². The number of morpholine rings is 1. The van der Waals surface area contributed by atoms with Gasteiger partial charge in [0.25, 0.3) is 11.8 Å². The number of benzene rings is 2. The number of aromatic nitrogens is 1. The van der Waals surface area contributed by atoms with Crippen LogP contribution < -0.4 is 5.32 Å². The predicted molar refractivity (Wildman–Crippen MR) is 106 cm³/mol. The number of carbonyl (C=O) groups is 2. The van der Waals surface area contributed by atoms with Crippen LogP contribution in [0.25, 0.3) is 11.3 Å². The summed E-state index contributed by atoms with van der Waals surface area (Å²) in [6.07, 6.45) is 1.22. The van der Waals surface area contributed by atoms with Gasteiger partial charge in [-0.25, -0.2) is 4.98 Å². The third-order valence-corrected chi connectivity index (χ3v) is 4.78. The van der Waals surface area contributed by atoms with Crippen molar-refractivity contribution in [2.45, 2.75) is 6.54 Å². The Hall–Kier alpha value is -3.45. The molecule has 2 aromatic carbocycles. The van der Waals surface area contributed by atoms with E-state index in [9.17, 15) is 9.59 Å². The van der Waals surface area contributed by atoms with Crippen LogP contribution in [0.2, 0.25) is 0 Å². The molecule has 1 aliphatic heterocycles. The minimum absolute atomic E-state index is 0.115. The third-order valence-electron chi connectivity index (χ3n) is 4.78. The van der Waals surface area contributed by atoms with Crippen molar-refractivity contribution in [3.8, 4) is 11.3 Å². The lowest BCUT2D eigenvalue weighted by molar-refractivity contribution is 0.0303. The molecule has 1 aromatic heterocycles. The van der Waals surface area contributed by atoms with Gasteiger partial charge in [-0.2, -0.15) is 0 Å². The maximum atomic E-state index is 13.0. The van der Waals surface area contributed by atoms with Crippen molar-refractivity contribution in [3.63, 3.8) is 0 Å². The summed E-state index contributed by atoms with van der Waals surface area (Å²) in [5, 5.41) is 2.85. The molecule has 29 heavy (non-hydrogen) atoms. The van der Waals surface area contributed by atoms with Gasteiger partial charge in [0.2, 0.25) is 0 Å². The summed E-state index contributed by atoms with van der Waals surface area (Å²) in [6, 6.07) is 16.7. The van der Waals surface area contributed by atoms with E-state index in [-0.39, 0.29) is 23.3 Å². The van der Waals surface area contributed by atoms with Gasteiger partial charge in [0.1, 0.15) is 0 Å². The summed E-state index contributed by atoms with van der Waals surface area (Å²) >= 11 is 0. The number of nitrogens with zero attached hydrogens (tertiary/aromatic N) is 2. The number of carbonyl (C=O) groups excluding carboxylic acids is 2. The lowest BCUT2D eigenvalue weighted by atomic mass is 10.0. The molecule has 3 aromatic rings. The Morgan fingerprint density at radius 1 is 1.00 bits per heavy atom. The second kappa shape index (κ2) is 8.70. The number of oxazole rings is 1. The van der Waals surface area contributed by atoms with Crippen LogP contribution in [0, 0.1) is 0 Å². The summed E-state index contributed by atoms with van der Waals surface area (Å²) < 4.78 is 10.9. The van der Waals surface area contributed by atoms with Crippen molar-refractivity contribution in [1.82, 2.24) is 15.2 Å². The molecule has 0 radical (unpaired) electrons. The molecule has 0 bridgehead atoms. The molecule has 148 valence electrons. The molecule has 1 fully saturated rings. The molecule has 1 N–H and O–H groups in total. The first kappa shape index (κ1) is 18.9. The van der Waals surface area contributed by atoms with Crippen LogP contribution in [0.4, 0.5) is 0 Å². The van der Waals surface area contributed by atoms with E-state index in [4.69, 9.17) is 9.15 Å². The molecule has 2 heterocycles. The van der Waals surface area contributed by atoms with Crippen LogP contribution in [-0.4, -0.2) is 48.0 Å². The van der Waals surface area contributed by atoms with Crippen LogP contribution in [0.1, 0.15) is 26.4 Å². The zero-order valence-corrected chi connectivity index (χ0v) is 15.8. The summed E-state index contributed by atoms with van der Waals surface area (Å²) in [5.41, 5.74) is 2.16. The van der Waals surface area contributed by atoms with E-state index in [0.29, 0.717) is 44.0 Å². The highest BCUT2D eigenvalue weighted by atomic mass is 16.5. The van der Waals surface area contributed by atoms with Gasteiger partial charge >= 0.3 is 0 Å². The van der Waals surface area contributed by atoms with Gasteiger partial charge in [-0.1, -0.05) is 48.5 Å². The zero-order chi connectivity index (χ0) is 20.1. The van der Waals surface area contributed by atoms with E-state index in [1.807, 2.05) is 30.3 Å². The summed E-state index contributed by atoms with van der Waals surface area (Å²) in [7, 11) is 0. The van der Waals surface area contributed by atoms with Gasteiger partial charge in [-0.05, 0) is 11.6 Å². The first-order valence-electron chi connectivity index (χ1n) is 9.46. The maximum Gasteiger partial charge on any atom is 0.274 e. The average molecular weight is 391 g/mol. The van der Waals surface area contributed by atoms with Gasteiger partial charge in [0, 0.05) is 25.2 Å². The quantitative estimate of drug-likeness (QED) is 0.723. The molecule has 1 aliphatic rings. The third kappa shape index (κ3) is 4.20. The minimum Gasteiger partial charge on any atom is -0.443 e. The minimum atomic E-state index is -0.355. The van der Waals surface area contributed by atoms with Crippen molar-refractivity contribution in [3.05, 3.63) is 77.8 Å². The molecule has 0 saturated carbocycles. The number of hydrogen-bond acceptors (Lipinski definition) is 5. The standard InChI is InChI=1S/C22H21N3O4/c26-21(23-14-16-6-2-1-3-7-16)19-20(29-15-24-19)17-8-4-5-9-18(17)22(27)25-10-12-28-13-11-25/h1-9,15H,10-14H2,(H,23,26). The molecule has 0 spiro atoms. The summed E-state index contributed by atoms with van der Waals surface area (Å²) in [4.78, 5) is 31.6. The van der Waals surface area contributed by atoms with Gasteiger partial charge in [-0.3, -0.25) is 9.59 Å². The van der Waals surface area contributed by atoms with E-state index in [1.54, 1.807) is 29.2 Å². The van der Waals surface area contributed by atoms with Crippen LogP contribution >= 0.6 is 0 Å². The Morgan fingerprint density at radius 2 is 1.72 bits per heavy atom. The van der Waals surface area contributed by atoms with Crippen molar-refractivity contribution in [2.24, 2.45) is 0 Å². The number of hydrogen-bond donors (Lipinski definition) is 1.